The van der Waals surface area contributed by atoms with Crippen LogP contribution in [0.25, 0.3) is 0 Å². The fourth-order valence-corrected chi connectivity index (χ4v) is 1.19. The molecule has 0 aromatic carbocycles. The highest BCUT2D eigenvalue weighted by atomic mass is 16.6. The van der Waals surface area contributed by atoms with Crippen molar-refractivity contribution in [3.63, 3.8) is 0 Å². The average molecular weight is 226 g/mol. The lowest BCUT2D eigenvalue weighted by Crippen LogP contribution is -2.21. The van der Waals surface area contributed by atoms with Crippen molar-refractivity contribution in [2.75, 3.05) is 0 Å². The maximum Gasteiger partial charge on any atom is 0.332 e. The minimum atomic E-state index is -0.835. The second-order valence-corrected chi connectivity index (χ2v) is 4.25. The first-order chi connectivity index (χ1) is 7.29. The van der Waals surface area contributed by atoms with Crippen LogP contribution in [0.3, 0.4) is 0 Å². The molecule has 0 amide bonds. The van der Waals surface area contributed by atoms with Crippen LogP contribution < -0.4 is 5.43 Å². The molecule has 0 bridgehead atoms. The summed E-state index contributed by atoms with van der Waals surface area (Å²) < 4.78 is 1.53. The van der Waals surface area contributed by atoms with Gasteiger partial charge in [-0.15, -0.1) is 0 Å². The van der Waals surface area contributed by atoms with E-state index >= 15 is 0 Å². The molecule has 0 saturated carbocycles. The highest BCUT2D eigenvalue weighted by Crippen LogP contribution is 2.10. The van der Waals surface area contributed by atoms with Crippen molar-refractivity contribution in [1.29, 1.82) is 0 Å². The Hall–Kier alpha value is -1.69. The van der Waals surface area contributed by atoms with E-state index in [0.29, 0.717) is 13.0 Å². The van der Waals surface area contributed by atoms with Crippen molar-refractivity contribution in [3.8, 4) is 0 Å². The smallest absolute Gasteiger partial charge is 0.332 e. The molecule has 16 heavy (non-hydrogen) atoms. The Morgan fingerprint density at radius 2 is 2.19 bits per heavy atom. The zero-order valence-electron chi connectivity index (χ0n) is 9.21. The SMILES string of the molecule is CC(C)(O)CCn1ccc(=O)c([N+](=O)[O-])c1. The molecule has 1 heterocycles. The third-order valence-corrected chi connectivity index (χ3v) is 2.14. The Balaban J connectivity index is 2.88. The Morgan fingerprint density at radius 1 is 1.56 bits per heavy atom. The molecule has 0 fully saturated rings. The molecule has 1 N–H and O–H groups in total. The van der Waals surface area contributed by atoms with Crippen LogP contribution in [0.15, 0.2) is 23.3 Å². The summed E-state index contributed by atoms with van der Waals surface area (Å²) in [5, 5.41) is 20.0. The van der Waals surface area contributed by atoms with Crippen molar-refractivity contribution in [2.24, 2.45) is 0 Å². The maximum atomic E-state index is 11.1. The number of nitrogens with zero attached hydrogens (tertiary/aromatic N) is 2. The first-order valence-corrected chi connectivity index (χ1v) is 4.86. The minimum absolute atomic E-state index is 0.421. The summed E-state index contributed by atoms with van der Waals surface area (Å²) in [6, 6.07) is 1.16. The van der Waals surface area contributed by atoms with Crippen LogP contribution in [0.2, 0.25) is 0 Å². The third kappa shape index (κ3) is 3.47. The molecule has 1 aromatic heterocycles. The minimum Gasteiger partial charge on any atom is -0.390 e. The number of pyridine rings is 1. The zero-order valence-corrected chi connectivity index (χ0v) is 9.21. The van der Waals surface area contributed by atoms with Crippen LogP contribution >= 0.6 is 0 Å². The van der Waals surface area contributed by atoms with E-state index in [0.717, 1.165) is 6.07 Å². The summed E-state index contributed by atoms with van der Waals surface area (Å²) in [5.41, 5.74) is -1.89. The predicted molar refractivity (Wildman–Crippen MR) is 58.3 cm³/mol. The van der Waals surface area contributed by atoms with Gasteiger partial charge in [-0.25, -0.2) is 0 Å². The molecule has 0 atom stereocenters. The Kier molecular flexibility index (Phi) is 3.44. The number of hydrogen-bond acceptors (Lipinski definition) is 4. The van der Waals surface area contributed by atoms with Gasteiger partial charge >= 0.3 is 5.69 Å². The predicted octanol–water partition coefficient (Wildman–Crippen LogP) is 0.917. The van der Waals surface area contributed by atoms with Gasteiger partial charge in [0.15, 0.2) is 0 Å². The summed E-state index contributed by atoms with van der Waals surface area (Å²) in [4.78, 5) is 20.9. The molecule has 1 aromatic rings. The molecule has 6 heteroatoms. The van der Waals surface area contributed by atoms with Crippen molar-refractivity contribution >= 4 is 5.69 Å². The molecule has 0 spiro atoms. The van der Waals surface area contributed by atoms with E-state index in [4.69, 9.17) is 0 Å². The molecule has 88 valence electrons. The van der Waals surface area contributed by atoms with Gasteiger partial charge < -0.3 is 9.67 Å². The van der Waals surface area contributed by atoms with Crippen LogP contribution in [0, 0.1) is 10.1 Å². The number of hydrogen-bond donors (Lipinski definition) is 1. The van der Waals surface area contributed by atoms with Gasteiger partial charge in [0, 0.05) is 18.8 Å². The average Bonchev–Trinajstić information content (AvgIpc) is 2.14. The summed E-state index contributed by atoms with van der Waals surface area (Å²) >= 11 is 0. The molecule has 0 aliphatic rings. The van der Waals surface area contributed by atoms with Crippen molar-refractivity contribution in [1.82, 2.24) is 4.57 Å². The molecular formula is C10H14N2O4. The van der Waals surface area contributed by atoms with Crippen LogP contribution in [-0.2, 0) is 6.54 Å². The molecule has 0 aliphatic carbocycles. The van der Waals surface area contributed by atoms with Gasteiger partial charge in [0.2, 0.25) is 0 Å². The molecule has 0 saturated heterocycles. The largest absolute Gasteiger partial charge is 0.390 e. The van der Waals surface area contributed by atoms with E-state index in [9.17, 15) is 20.0 Å². The Labute approximate surface area is 92.3 Å². The first kappa shape index (κ1) is 12.4. The molecule has 6 nitrogen and oxygen atoms in total. The quantitative estimate of drug-likeness (QED) is 0.611. The lowest BCUT2D eigenvalue weighted by Gasteiger charge is -2.17. The van der Waals surface area contributed by atoms with E-state index in [1.807, 2.05) is 0 Å². The van der Waals surface area contributed by atoms with Gasteiger partial charge in [-0.05, 0) is 20.3 Å². The van der Waals surface area contributed by atoms with Crippen LogP contribution in [0.5, 0.6) is 0 Å². The van der Waals surface area contributed by atoms with Crippen LogP contribution in [0.4, 0.5) is 5.69 Å². The lowest BCUT2D eigenvalue weighted by atomic mass is 10.1. The lowest BCUT2D eigenvalue weighted by molar-refractivity contribution is -0.386. The zero-order chi connectivity index (χ0) is 12.3. The number of rotatable bonds is 4. The Morgan fingerprint density at radius 3 is 2.69 bits per heavy atom. The molecular weight excluding hydrogens is 212 g/mol. The van der Waals surface area contributed by atoms with E-state index in [-0.39, 0.29) is 0 Å². The number of nitro groups is 1. The fourth-order valence-electron chi connectivity index (χ4n) is 1.19. The number of aromatic nitrogens is 1. The van der Waals surface area contributed by atoms with Gasteiger partial charge in [-0.3, -0.25) is 14.9 Å². The number of aryl methyl sites for hydroxylation is 1. The van der Waals surface area contributed by atoms with Crippen LogP contribution in [0.1, 0.15) is 20.3 Å². The second-order valence-electron chi connectivity index (χ2n) is 4.25. The molecule has 0 unspecified atom stereocenters. The third-order valence-electron chi connectivity index (χ3n) is 2.14. The van der Waals surface area contributed by atoms with Gasteiger partial charge in [0.05, 0.1) is 16.7 Å². The second kappa shape index (κ2) is 4.44. The highest BCUT2D eigenvalue weighted by molar-refractivity contribution is 5.25. The van der Waals surface area contributed by atoms with E-state index in [1.54, 1.807) is 13.8 Å². The summed E-state index contributed by atoms with van der Waals surface area (Å²) in [5.74, 6) is 0. The topological polar surface area (TPSA) is 85.4 Å². The monoisotopic (exact) mass is 226 g/mol. The van der Waals surface area contributed by atoms with Gasteiger partial charge in [-0.2, -0.15) is 0 Å². The first-order valence-electron chi connectivity index (χ1n) is 4.86. The standard InChI is InChI=1S/C10H14N2O4/c1-10(2,14)4-6-11-5-3-9(13)8(7-11)12(15)16/h3,5,7,14H,4,6H2,1-2H3. The molecule has 1 rings (SSSR count). The van der Waals surface area contributed by atoms with E-state index < -0.39 is 21.6 Å². The van der Waals surface area contributed by atoms with Crippen molar-refractivity contribution in [2.45, 2.75) is 32.4 Å². The maximum absolute atomic E-state index is 11.1. The van der Waals surface area contributed by atoms with Gasteiger partial charge in [0.25, 0.3) is 5.43 Å². The number of aliphatic hydroxyl groups is 1. The van der Waals surface area contributed by atoms with Crippen LogP contribution in [-0.4, -0.2) is 20.2 Å². The van der Waals surface area contributed by atoms with E-state index in [1.165, 1.54) is 17.0 Å². The Bertz CT molecular complexity index is 445. The molecule has 0 radical (unpaired) electrons. The van der Waals surface area contributed by atoms with Gasteiger partial charge in [-0.1, -0.05) is 0 Å². The summed E-state index contributed by atoms with van der Waals surface area (Å²) in [7, 11) is 0. The molecule has 0 aliphatic heterocycles. The van der Waals surface area contributed by atoms with E-state index in [2.05, 4.69) is 0 Å². The van der Waals surface area contributed by atoms with Crippen molar-refractivity contribution < 1.29 is 10.0 Å². The normalized spacial score (nSPS) is 11.4. The van der Waals surface area contributed by atoms with Crippen molar-refractivity contribution in [3.05, 3.63) is 38.8 Å². The highest BCUT2D eigenvalue weighted by Gasteiger charge is 2.14. The van der Waals surface area contributed by atoms with Gasteiger partial charge in [0.1, 0.15) is 0 Å². The fraction of sp³-hybridized carbons (Fsp3) is 0.500. The summed E-state index contributed by atoms with van der Waals surface area (Å²) in [6.45, 7) is 3.73. The summed E-state index contributed by atoms with van der Waals surface area (Å²) in [6.07, 6.45) is 3.11.